The number of benzene rings is 1. The fourth-order valence-corrected chi connectivity index (χ4v) is 1.87. The van der Waals surface area contributed by atoms with E-state index >= 15 is 0 Å². The zero-order valence-corrected chi connectivity index (χ0v) is 11.0. The Morgan fingerprint density at radius 1 is 1.26 bits per heavy atom. The van der Waals surface area contributed by atoms with Gasteiger partial charge in [0.1, 0.15) is 0 Å². The van der Waals surface area contributed by atoms with Gasteiger partial charge in [0.15, 0.2) is 0 Å². The van der Waals surface area contributed by atoms with E-state index in [4.69, 9.17) is 0 Å². The molecule has 2 aromatic rings. The van der Waals surface area contributed by atoms with E-state index in [1.807, 2.05) is 38.1 Å². The second-order valence-corrected chi connectivity index (χ2v) is 4.48. The van der Waals surface area contributed by atoms with Gasteiger partial charge in [-0.05, 0) is 38.1 Å². The van der Waals surface area contributed by atoms with Crippen LogP contribution in [0.1, 0.15) is 27.3 Å². The van der Waals surface area contributed by atoms with Crippen LogP contribution in [-0.2, 0) is 6.54 Å². The predicted octanol–water partition coefficient (Wildman–Crippen LogP) is 3.01. The molecule has 0 unspecified atom stereocenters. The molecule has 0 spiro atoms. The van der Waals surface area contributed by atoms with Gasteiger partial charge in [0, 0.05) is 11.4 Å². The summed E-state index contributed by atoms with van der Waals surface area (Å²) in [4.78, 5) is 15.6. The van der Waals surface area contributed by atoms with Gasteiger partial charge in [0.2, 0.25) is 0 Å². The van der Waals surface area contributed by atoms with E-state index < -0.39 is 5.97 Å². The summed E-state index contributed by atoms with van der Waals surface area (Å²) in [5.74, 6) is -0.927. The van der Waals surface area contributed by atoms with Crippen molar-refractivity contribution in [1.82, 2.24) is 4.98 Å². The third kappa shape index (κ3) is 3.31. The molecule has 2 N–H and O–H groups in total. The molecule has 0 fully saturated rings. The number of hydrogen-bond acceptors (Lipinski definition) is 3. The normalized spacial score (nSPS) is 10.2. The number of pyridine rings is 1. The Bertz CT molecular complexity index is 609. The number of aromatic carboxylic acids is 1. The maximum Gasteiger partial charge on any atom is 0.337 e. The minimum atomic E-state index is -0.927. The first kappa shape index (κ1) is 13.1. The quantitative estimate of drug-likeness (QED) is 0.882. The zero-order valence-electron chi connectivity index (χ0n) is 11.0. The van der Waals surface area contributed by atoms with Crippen LogP contribution in [0.25, 0.3) is 0 Å². The van der Waals surface area contributed by atoms with Crippen molar-refractivity contribution >= 4 is 11.7 Å². The van der Waals surface area contributed by atoms with Crippen LogP contribution < -0.4 is 5.32 Å². The average molecular weight is 256 g/mol. The third-order valence-electron chi connectivity index (χ3n) is 2.81. The van der Waals surface area contributed by atoms with Gasteiger partial charge in [0.05, 0.1) is 17.8 Å². The molecule has 98 valence electrons. The van der Waals surface area contributed by atoms with Gasteiger partial charge in [-0.1, -0.05) is 17.7 Å². The Balaban J connectivity index is 2.17. The molecule has 0 aliphatic heterocycles. The molecule has 0 aliphatic rings. The Kier molecular flexibility index (Phi) is 3.80. The standard InChI is InChI=1S/C15H16N2O2/c1-10-6-7-14(13(8-10)15(18)19)16-9-12-5-3-4-11(2)17-12/h3-8,16H,9H2,1-2H3,(H,18,19). The molecule has 19 heavy (non-hydrogen) atoms. The zero-order chi connectivity index (χ0) is 13.8. The number of hydrogen-bond donors (Lipinski definition) is 2. The van der Waals surface area contributed by atoms with Gasteiger partial charge < -0.3 is 10.4 Å². The van der Waals surface area contributed by atoms with Crippen molar-refractivity contribution < 1.29 is 9.90 Å². The number of carboxylic acid groups (broad SMARTS) is 1. The minimum Gasteiger partial charge on any atom is -0.478 e. The number of nitrogens with zero attached hydrogens (tertiary/aromatic N) is 1. The van der Waals surface area contributed by atoms with Crippen molar-refractivity contribution in [1.29, 1.82) is 0 Å². The second-order valence-electron chi connectivity index (χ2n) is 4.48. The third-order valence-corrected chi connectivity index (χ3v) is 2.81. The van der Waals surface area contributed by atoms with Crippen LogP contribution in [0.5, 0.6) is 0 Å². The fourth-order valence-electron chi connectivity index (χ4n) is 1.87. The SMILES string of the molecule is Cc1ccc(NCc2cccc(C)n2)c(C(=O)O)c1. The lowest BCUT2D eigenvalue weighted by molar-refractivity contribution is 0.0698. The van der Waals surface area contributed by atoms with Crippen molar-refractivity contribution in [2.45, 2.75) is 20.4 Å². The fraction of sp³-hybridized carbons (Fsp3) is 0.200. The van der Waals surface area contributed by atoms with Crippen LogP contribution >= 0.6 is 0 Å². The molecule has 0 bridgehead atoms. The van der Waals surface area contributed by atoms with Crippen LogP contribution in [0.15, 0.2) is 36.4 Å². The molecular formula is C15H16N2O2. The van der Waals surface area contributed by atoms with Gasteiger partial charge in [-0.25, -0.2) is 4.79 Å². The monoisotopic (exact) mass is 256 g/mol. The van der Waals surface area contributed by atoms with Crippen molar-refractivity contribution in [2.75, 3.05) is 5.32 Å². The van der Waals surface area contributed by atoms with Crippen molar-refractivity contribution in [3.8, 4) is 0 Å². The first-order valence-electron chi connectivity index (χ1n) is 6.06. The van der Waals surface area contributed by atoms with E-state index in [0.29, 0.717) is 12.2 Å². The highest BCUT2D eigenvalue weighted by Gasteiger charge is 2.09. The number of aryl methyl sites for hydroxylation is 2. The van der Waals surface area contributed by atoms with Crippen LogP contribution in [0.4, 0.5) is 5.69 Å². The first-order valence-corrected chi connectivity index (χ1v) is 6.06. The first-order chi connectivity index (χ1) is 9.06. The minimum absolute atomic E-state index is 0.285. The lowest BCUT2D eigenvalue weighted by Crippen LogP contribution is -2.07. The molecule has 0 radical (unpaired) electrons. The lowest BCUT2D eigenvalue weighted by Gasteiger charge is -2.10. The van der Waals surface area contributed by atoms with Crippen molar-refractivity contribution in [3.63, 3.8) is 0 Å². The van der Waals surface area contributed by atoms with E-state index in [2.05, 4.69) is 10.3 Å². The maximum absolute atomic E-state index is 11.2. The summed E-state index contributed by atoms with van der Waals surface area (Å²) in [7, 11) is 0. The lowest BCUT2D eigenvalue weighted by atomic mass is 10.1. The van der Waals surface area contributed by atoms with E-state index in [-0.39, 0.29) is 5.56 Å². The number of nitrogens with one attached hydrogen (secondary N) is 1. The smallest absolute Gasteiger partial charge is 0.337 e. The van der Waals surface area contributed by atoms with Crippen LogP contribution in [0.3, 0.4) is 0 Å². The summed E-state index contributed by atoms with van der Waals surface area (Å²) >= 11 is 0. The van der Waals surface area contributed by atoms with Gasteiger partial charge in [-0.15, -0.1) is 0 Å². The molecule has 0 atom stereocenters. The summed E-state index contributed by atoms with van der Waals surface area (Å²) in [5, 5.41) is 12.3. The predicted molar refractivity (Wildman–Crippen MR) is 74.4 cm³/mol. The number of anilines is 1. The number of aromatic nitrogens is 1. The molecule has 0 aliphatic carbocycles. The Labute approximate surface area is 112 Å². The molecule has 2 rings (SSSR count). The summed E-state index contributed by atoms with van der Waals surface area (Å²) in [6.45, 7) is 4.31. The molecule has 0 saturated heterocycles. The Morgan fingerprint density at radius 3 is 2.74 bits per heavy atom. The number of carboxylic acids is 1. The summed E-state index contributed by atoms with van der Waals surface area (Å²) in [6.07, 6.45) is 0. The van der Waals surface area contributed by atoms with E-state index in [0.717, 1.165) is 17.0 Å². The number of carbonyl (C=O) groups is 1. The Hall–Kier alpha value is -2.36. The highest BCUT2D eigenvalue weighted by atomic mass is 16.4. The maximum atomic E-state index is 11.2. The average Bonchev–Trinajstić information content (AvgIpc) is 2.37. The van der Waals surface area contributed by atoms with Crippen molar-refractivity contribution in [3.05, 3.63) is 58.9 Å². The van der Waals surface area contributed by atoms with Gasteiger partial charge in [-0.3, -0.25) is 4.98 Å². The molecule has 1 aromatic heterocycles. The topological polar surface area (TPSA) is 62.2 Å². The van der Waals surface area contributed by atoms with E-state index in [1.165, 1.54) is 0 Å². The van der Waals surface area contributed by atoms with Gasteiger partial charge in [-0.2, -0.15) is 0 Å². The summed E-state index contributed by atoms with van der Waals surface area (Å²) in [5.41, 5.74) is 3.66. The second kappa shape index (κ2) is 5.52. The molecule has 4 heteroatoms. The Morgan fingerprint density at radius 2 is 2.05 bits per heavy atom. The van der Waals surface area contributed by atoms with Crippen molar-refractivity contribution in [2.24, 2.45) is 0 Å². The molecule has 0 amide bonds. The summed E-state index contributed by atoms with van der Waals surface area (Å²) in [6, 6.07) is 11.1. The van der Waals surface area contributed by atoms with E-state index in [1.54, 1.807) is 12.1 Å². The highest BCUT2D eigenvalue weighted by Crippen LogP contribution is 2.18. The van der Waals surface area contributed by atoms with Crippen LogP contribution in [-0.4, -0.2) is 16.1 Å². The van der Waals surface area contributed by atoms with Gasteiger partial charge in [0.25, 0.3) is 0 Å². The molecule has 1 heterocycles. The van der Waals surface area contributed by atoms with E-state index in [9.17, 15) is 9.90 Å². The summed E-state index contributed by atoms with van der Waals surface area (Å²) < 4.78 is 0. The molecular weight excluding hydrogens is 240 g/mol. The molecule has 4 nitrogen and oxygen atoms in total. The molecule has 1 aromatic carbocycles. The van der Waals surface area contributed by atoms with Gasteiger partial charge >= 0.3 is 5.97 Å². The number of rotatable bonds is 4. The largest absolute Gasteiger partial charge is 0.478 e. The molecule has 0 saturated carbocycles. The van der Waals surface area contributed by atoms with Crippen LogP contribution in [0.2, 0.25) is 0 Å². The highest BCUT2D eigenvalue weighted by molar-refractivity contribution is 5.94. The van der Waals surface area contributed by atoms with Crippen LogP contribution in [0, 0.1) is 13.8 Å².